The van der Waals surface area contributed by atoms with Crippen LogP contribution in [0.4, 0.5) is 17.6 Å². The third-order valence-corrected chi connectivity index (χ3v) is 3.94. The number of aliphatic imine (C=N–C) groups is 1. The summed E-state index contributed by atoms with van der Waals surface area (Å²) in [5.41, 5.74) is 2.99. The molecule has 28 heavy (non-hydrogen) atoms. The van der Waals surface area contributed by atoms with Crippen LogP contribution in [-0.2, 0) is 24.4 Å². The summed E-state index contributed by atoms with van der Waals surface area (Å²) in [6.07, 6.45) is -4.32. The summed E-state index contributed by atoms with van der Waals surface area (Å²) < 4.78 is 54.4. The van der Waals surface area contributed by atoms with E-state index >= 15 is 0 Å². The predicted octanol–water partition coefficient (Wildman–Crippen LogP) is 4.08. The molecule has 0 spiro atoms. The summed E-state index contributed by atoms with van der Waals surface area (Å²) in [6, 6.07) is 12.1. The number of rotatable bonds is 7. The first-order valence-electron chi connectivity index (χ1n) is 8.68. The summed E-state index contributed by atoms with van der Waals surface area (Å²) in [4.78, 5) is 4.11. The molecule has 0 aliphatic carbocycles. The van der Waals surface area contributed by atoms with Crippen LogP contribution in [0.2, 0.25) is 0 Å². The monoisotopic (exact) mass is 397 g/mol. The van der Waals surface area contributed by atoms with Gasteiger partial charge >= 0.3 is 6.18 Å². The van der Waals surface area contributed by atoms with E-state index in [1.807, 2.05) is 18.2 Å². The molecule has 152 valence electrons. The lowest BCUT2D eigenvalue weighted by atomic mass is 10.1. The second kappa shape index (κ2) is 10.1. The lowest BCUT2D eigenvalue weighted by molar-refractivity contribution is -0.176. The minimum atomic E-state index is -4.32. The van der Waals surface area contributed by atoms with Gasteiger partial charge in [0.25, 0.3) is 0 Å². The minimum absolute atomic E-state index is 0.0937. The zero-order valence-corrected chi connectivity index (χ0v) is 15.7. The first-order valence-corrected chi connectivity index (χ1v) is 8.68. The highest BCUT2D eigenvalue weighted by Gasteiger charge is 2.27. The van der Waals surface area contributed by atoms with Gasteiger partial charge in [-0.3, -0.25) is 4.99 Å². The molecule has 0 radical (unpaired) electrons. The first-order chi connectivity index (χ1) is 13.3. The molecular weight excluding hydrogens is 374 g/mol. The Morgan fingerprint density at radius 1 is 0.964 bits per heavy atom. The molecule has 0 aliphatic rings. The van der Waals surface area contributed by atoms with E-state index in [1.165, 1.54) is 6.07 Å². The maximum Gasteiger partial charge on any atom is 0.411 e. The fourth-order valence-electron chi connectivity index (χ4n) is 2.38. The van der Waals surface area contributed by atoms with Crippen molar-refractivity contribution in [1.82, 2.24) is 10.6 Å². The van der Waals surface area contributed by atoms with Crippen LogP contribution in [0.3, 0.4) is 0 Å². The topological polar surface area (TPSA) is 45.7 Å². The highest BCUT2D eigenvalue weighted by Crippen LogP contribution is 2.16. The van der Waals surface area contributed by atoms with Crippen LogP contribution in [0.15, 0.2) is 47.5 Å². The third-order valence-electron chi connectivity index (χ3n) is 3.94. The predicted molar refractivity (Wildman–Crippen MR) is 100 cm³/mol. The molecule has 0 bridgehead atoms. The summed E-state index contributed by atoms with van der Waals surface area (Å²) in [6.45, 7) is 1.26. The standard InChI is InChI=1S/C20H23F4N3O/c1-14-3-4-17(9-18(14)21)11-27-19(25-2)26-10-15-5-7-16(8-6-15)12-28-13-20(22,23)24/h3-9H,10-13H2,1-2H3,(H2,25,26,27). The van der Waals surface area contributed by atoms with Gasteiger partial charge in [-0.15, -0.1) is 0 Å². The SMILES string of the molecule is CN=C(NCc1ccc(COCC(F)(F)F)cc1)NCc1ccc(C)c(F)c1. The molecule has 0 unspecified atom stereocenters. The molecule has 0 heterocycles. The number of ether oxygens (including phenoxy) is 1. The summed E-state index contributed by atoms with van der Waals surface area (Å²) in [7, 11) is 1.63. The van der Waals surface area contributed by atoms with Gasteiger partial charge in [0.1, 0.15) is 12.4 Å². The van der Waals surface area contributed by atoms with Crippen molar-refractivity contribution in [1.29, 1.82) is 0 Å². The zero-order chi connectivity index (χ0) is 20.6. The maximum atomic E-state index is 13.6. The number of alkyl halides is 3. The van der Waals surface area contributed by atoms with Crippen LogP contribution in [0.25, 0.3) is 0 Å². The third kappa shape index (κ3) is 7.56. The van der Waals surface area contributed by atoms with Crippen LogP contribution in [0, 0.1) is 12.7 Å². The molecular formula is C20H23F4N3O. The number of nitrogens with one attached hydrogen (secondary N) is 2. The molecule has 2 rings (SSSR count). The van der Waals surface area contributed by atoms with Gasteiger partial charge in [0.2, 0.25) is 0 Å². The average Bonchev–Trinajstić information content (AvgIpc) is 2.65. The molecule has 0 aromatic heterocycles. The Morgan fingerprint density at radius 3 is 2.11 bits per heavy atom. The van der Waals surface area contributed by atoms with Gasteiger partial charge in [-0.1, -0.05) is 36.4 Å². The van der Waals surface area contributed by atoms with Crippen molar-refractivity contribution in [2.24, 2.45) is 4.99 Å². The van der Waals surface area contributed by atoms with E-state index in [0.717, 1.165) is 11.1 Å². The van der Waals surface area contributed by atoms with E-state index < -0.39 is 12.8 Å². The number of hydrogen-bond donors (Lipinski definition) is 2. The summed E-state index contributed by atoms with van der Waals surface area (Å²) in [5.74, 6) is 0.306. The van der Waals surface area contributed by atoms with E-state index in [1.54, 1.807) is 32.2 Å². The van der Waals surface area contributed by atoms with Crippen molar-refractivity contribution in [2.75, 3.05) is 13.7 Å². The van der Waals surface area contributed by atoms with Gasteiger partial charge in [0.15, 0.2) is 5.96 Å². The molecule has 0 fully saturated rings. The molecule has 0 aliphatic heterocycles. The van der Waals surface area contributed by atoms with Crippen molar-refractivity contribution in [2.45, 2.75) is 32.8 Å². The van der Waals surface area contributed by atoms with Crippen LogP contribution in [0.5, 0.6) is 0 Å². The molecule has 0 saturated heterocycles. The fraction of sp³-hybridized carbons (Fsp3) is 0.350. The first kappa shape index (κ1) is 21.7. The zero-order valence-electron chi connectivity index (χ0n) is 15.7. The molecule has 0 atom stereocenters. The molecule has 2 aromatic carbocycles. The second-order valence-corrected chi connectivity index (χ2v) is 6.29. The highest BCUT2D eigenvalue weighted by atomic mass is 19.4. The number of halogens is 4. The normalized spacial score (nSPS) is 12.1. The van der Waals surface area contributed by atoms with Crippen LogP contribution >= 0.6 is 0 Å². The van der Waals surface area contributed by atoms with Crippen molar-refractivity contribution in [3.8, 4) is 0 Å². The maximum absolute atomic E-state index is 13.6. The summed E-state index contributed by atoms with van der Waals surface area (Å²) >= 11 is 0. The van der Waals surface area contributed by atoms with E-state index in [4.69, 9.17) is 0 Å². The Bertz CT molecular complexity index is 789. The second-order valence-electron chi connectivity index (χ2n) is 6.29. The number of hydrogen-bond acceptors (Lipinski definition) is 2. The Kier molecular flexibility index (Phi) is 7.80. The van der Waals surface area contributed by atoms with Crippen LogP contribution in [-0.4, -0.2) is 25.8 Å². The van der Waals surface area contributed by atoms with Gasteiger partial charge < -0.3 is 15.4 Å². The fourth-order valence-corrected chi connectivity index (χ4v) is 2.38. The Labute approximate surface area is 161 Å². The van der Waals surface area contributed by atoms with E-state index in [9.17, 15) is 17.6 Å². The lowest BCUT2D eigenvalue weighted by Gasteiger charge is -2.13. The smallest absolute Gasteiger partial charge is 0.367 e. The Hall–Kier alpha value is -2.61. The van der Waals surface area contributed by atoms with Gasteiger partial charge in [0, 0.05) is 20.1 Å². The molecule has 2 aromatic rings. The van der Waals surface area contributed by atoms with E-state index in [-0.39, 0.29) is 12.4 Å². The van der Waals surface area contributed by atoms with Gasteiger partial charge in [-0.05, 0) is 35.2 Å². The Balaban J connectivity index is 1.78. The van der Waals surface area contributed by atoms with Gasteiger partial charge in [-0.25, -0.2) is 4.39 Å². The van der Waals surface area contributed by atoms with Crippen molar-refractivity contribution >= 4 is 5.96 Å². The molecule has 2 N–H and O–H groups in total. The number of nitrogens with zero attached hydrogens (tertiary/aromatic N) is 1. The number of guanidine groups is 1. The number of benzene rings is 2. The summed E-state index contributed by atoms with van der Waals surface area (Å²) in [5, 5.41) is 6.23. The molecule has 8 heteroatoms. The molecule has 0 amide bonds. The highest BCUT2D eigenvalue weighted by molar-refractivity contribution is 5.79. The van der Waals surface area contributed by atoms with Gasteiger partial charge in [0.05, 0.1) is 6.61 Å². The number of aryl methyl sites for hydroxylation is 1. The van der Waals surface area contributed by atoms with Crippen LogP contribution < -0.4 is 10.6 Å². The minimum Gasteiger partial charge on any atom is -0.367 e. The lowest BCUT2D eigenvalue weighted by Crippen LogP contribution is -2.36. The van der Waals surface area contributed by atoms with E-state index in [0.29, 0.717) is 30.2 Å². The van der Waals surface area contributed by atoms with Crippen molar-refractivity contribution in [3.05, 3.63) is 70.5 Å². The van der Waals surface area contributed by atoms with Crippen molar-refractivity contribution in [3.63, 3.8) is 0 Å². The van der Waals surface area contributed by atoms with E-state index in [2.05, 4.69) is 20.4 Å². The van der Waals surface area contributed by atoms with Crippen LogP contribution in [0.1, 0.15) is 22.3 Å². The van der Waals surface area contributed by atoms with Crippen molar-refractivity contribution < 1.29 is 22.3 Å². The Morgan fingerprint density at radius 2 is 1.54 bits per heavy atom. The van der Waals surface area contributed by atoms with Gasteiger partial charge in [-0.2, -0.15) is 13.2 Å². The quantitative estimate of drug-likeness (QED) is 0.421. The average molecular weight is 397 g/mol. The molecule has 4 nitrogen and oxygen atoms in total. The molecule has 0 saturated carbocycles. The largest absolute Gasteiger partial charge is 0.411 e.